The molecule has 3 heteroatoms. The van der Waals surface area contributed by atoms with Crippen LogP contribution < -0.4 is 4.90 Å². The van der Waals surface area contributed by atoms with Gasteiger partial charge in [-0.05, 0) is 18.6 Å². The number of amides is 2. The number of carbonyl (C=O) groups excluding carboxylic acids is 2. The lowest BCUT2D eigenvalue weighted by Crippen LogP contribution is -2.30. The van der Waals surface area contributed by atoms with Crippen molar-refractivity contribution in [1.29, 1.82) is 0 Å². The van der Waals surface area contributed by atoms with Crippen LogP contribution in [0.5, 0.6) is 0 Å². The highest BCUT2D eigenvalue weighted by atomic mass is 16.2. The highest BCUT2D eigenvalue weighted by Crippen LogP contribution is 2.27. The van der Waals surface area contributed by atoms with Crippen molar-refractivity contribution in [3.8, 4) is 0 Å². The number of nitrogens with zero attached hydrogens (tertiary/aromatic N) is 1. The Hall–Kier alpha value is -1.64. The molecule has 1 unspecified atom stereocenters. The van der Waals surface area contributed by atoms with E-state index in [0.29, 0.717) is 12.1 Å². The van der Waals surface area contributed by atoms with Crippen LogP contribution in [0.25, 0.3) is 0 Å². The topological polar surface area (TPSA) is 37.4 Å². The summed E-state index contributed by atoms with van der Waals surface area (Å²) in [5.41, 5.74) is 0.684. The highest BCUT2D eigenvalue weighted by molar-refractivity contribution is 6.20. The van der Waals surface area contributed by atoms with Crippen LogP contribution in [0.1, 0.15) is 19.8 Å². The predicted molar refractivity (Wildman–Crippen MR) is 57.3 cm³/mol. The van der Waals surface area contributed by atoms with Gasteiger partial charge in [-0.25, -0.2) is 0 Å². The number of imide groups is 1. The smallest absolute Gasteiger partial charge is 0.237 e. The second-order valence-electron chi connectivity index (χ2n) is 3.71. The molecule has 1 fully saturated rings. The Kier molecular flexibility index (Phi) is 2.54. The van der Waals surface area contributed by atoms with Crippen molar-refractivity contribution in [2.45, 2.75) is 19.8 Å². The Bertz CT molecular complexity index is 386. The van der Waals surface area contributed by atoms with Gasteiger partial charge in [-0.2, -0.15) is 0 Å². The normalized spacial score (nSPS) is 21.1. The molecule has 15 heavy (non-hydrogen) atoms. The van der Waals surface area contributed by atoms with Gasteiger partial charge >= 0.3 is 0 Å². The number of benzene rings is 1. The molecule has 1 aliphatic heterocycles. The highest BCUT2D eigenvalue weighted by Gasteiger charge is 2.37. The van der Waals surface area contributed by atoms with E-state index in [1.165, 1.54) is 4.90 Å². The Labute approximate surface area is 88.7 Å². The molecule has 0 bridgehead atoms. The SMILES string of the molecule is CCC1CC(=O)N(c2ccccc2)C1=O. The lowest BCUT2D eigenvalue weighted by atomic mass is 10.1. The van der Waals surface area contributed by atoms with Gasteiger partial charge in [0, 0.05) is 12.3 Å². The van der Waals surface area contributed by atoms with Crippen LogP contribution in [0.4, 0.5) is 5.69 Å². The maximum Gasteiger partial charge on any atom is 0.237 e. The molecule has 0 N–H and O–H groups in total. The first-order valence-electron chi connectivity index (χ1n) is 5.16. The number of hydrogen-bond acceptors (Lipinski definition) is 2. The molecule has 1 aliphatic rings. The first-order valence-corrected chi connectivity index (χ1v) is 5.16. The fourth-order valence-electron chi connectivity index (χ4n) is 1.86. The molecule has 2 amide bonds. The molecule has 1 atom stereocenters. The number of anilines is 1. The van der Waals surface area contributed by atoms with Gasteiger partial charge in [0.1, 0.15) is 0 Å². The predicted octanol–water partition coefficient (Wildman–Crippen LogP) is 1.98. The molecule has 0 spiro atoms. The average molecular weight is 203 g/mol. The summed E-state index contributed by atoms with van der Waals surface area (Å²) in [6.07, 6.45) is 1.08. The third-order valence-corrected chi connectivity index (χ3v) is 2.75. The summed E-state index contributed by atoms with van der Waals surface area (Å²) >= 11 is 0. The Balaban J connectivity index is 2.31. The van der Waals surface area contributed by atoms with Gasteiger partial charge in [0.2, 0.25) is 11.8 Å². The number of carbonyl (C=O) groups is 2. The number of hydrogen-bond donors (Lipinski definition) is 0. The van der Waals surface area contributed by atoms with Crippen LogP contribution in [-0.4, -0.2) is 11.8 Å². The van der Waals surface area contributed by atoms with Gasteiger partial charge in [0.25, 0.3) is 0 Å². The van der Waals surface area contributed by atoms with Crippen LogP contribution in [0.15, 0.2) is 30.3 Å². The van der Waals surface area contributed by atoms with E-state index in [2.05, 4.69) is 0 Å². The Morgan fingerprint density at radius 2 is 1.93 bits per heavy atom. The van der Waals surface area contributed by atoms with Gasteiger partial charge in [0.15, 0.2) is 0 Å². The van der Waals surface area contributed by atoms with Crippen LogP contribution in [0, 0.1) is 5.92 Å². The van der Waals surface area contributed by atoms with Crippen molar-refractivity contribution in [2.24, 2.45) is 5.92 Å². The van der Waals surface area contributed by atoms with Crippen LogP contribution in [0.2, 0.25) is 0 Å². The minimum atomic E-state index is -0.127. The molecule has 2 rings (SSSR count). The molecule has 78 valence electrons. The van der Waals surface area contributed by atoms with E-state index in [0.717, 1.165) is 6.42 Å². The molecule has 1 saturated heterocycles. The van der Waals surface area contributed by atoms with Crippen molar-refractivity contribution in [3.63, 3.8) is 0 Å². The summed E-state index contributed by atoms with van der Waals surface area (Å²) in [6.45, 7) is 1.93. The first-order chi connectivity index (χ1) is 7.24. The molecule has 0 saturated carbocycles. The molecule has 0 aromatic heterocycles. The van der Waals surface area contributed by atoms with E-state index in [9.17, 15) is 9.59 Å². The maximum atomic E-state index is 11.9. The summed E-state index contributed by atoms with van der Waals surface area (Å²) < 4.78 is 0. The molecule has 1 aromatic rings. The molecular formula is C12H13NO2. The molecule has 3 nitrogen and oxygen atoms in total. The van der Waals surface area contributed by atoms with Crippen molar-refractivity contribution >= 4 is 17.5 Å². The monoisotopic (exact) mass is 203 g/mol. The zero-order valence-corrected chi connectivity index (χ0v) is 8.64. The van der Waals surface area contributed by atoms with Crippen molar-refractivity contribution < 1.29 is 9.59 Å². The van der Waals surface area contributed by atoms with Gasteiger partial charge in [0.05, 0.1) is 5.69 Å². The zero-order valence-electron chi connectivity index (χ0n) is 8.64. The fourth-order valence-corrected chi connectivity index (χ4v) is 1.86. The molecular weight excluding hydrogens is 190 g/mol. The second-order valence-corrected chi connectivity index (χ2v) is 3.71. The van der Waals surface area contributed by atoms with E-state index in [1.54, 1.807) is 12.1 Å². The minimum Gasteiger partial charge on any atom is -0.274 e. The third-order valence-electron chi connectivity index (χ3n) is 2.75. The number of para-hydroxylation sites is 1. The third kappa shape index (κ3) is 1.65. The van der Waals surface area contributed by atoms with Crippen LogP contribution in [-0.2, 0) is 9.59 Å². The van der Waals surface area contributed by atoms with E-state index in [4.69, 9.17) is 0 Å². The summed E-state index contributed by atoms with van der Waals surface area (Å²) in [5.74, 6) is -0.274. The summed E-state index contributed by atoms with van der Waals surface area (Å²) in [5, 5.41) is 0. The lowest BCUT2D eigenvalue weighted by molar-refractivity contribution is -0.122. The summed E-state index contributed by atoms with van der Waals surface area (Å²) in [6, 6.07) is 9.10. The van der Waals surface area contributed by atoms with E-state index in [-0.39, 0.29) is 17.7 Å². The van der Waals surface area contributed by atoms with E-state index < -0.39 is 0 Å². The van der Waals surface area contributed by atoms with Crippen molar-refractivity contribution in [1.82, 2.24) is 0 Å². The standard InChI is InChI=1S/C12H13NO2/c1-2-9-8-11(14)13(12(9)15)10-6-4-3-5-7-10/h3-7,9H,2,8H2,1H3. The maximum absolute atomic E-state index is 11.9. The molecule has 1 heterocycles. The fraction of sp³-hybridized carbons (Fsp3) is 0.333. The minimum absolute atomic E-state index is 0.0614. The quantitative estimate of drug-likeness (QED) is 0.689. The Morgan fingerprint density at radius 3 is 2.47 bits per heavy atom. The van der Waals surface area contributed by atoms with Crippen LogP contribution in [0.3, 0.4) is 0 Å². The first kappa shape index (κ1) is 9.90. The largest absolute Gasteiger partial charge is 0.274 e. The van der Waals surface area contributed by atoms with Crippen LogP contribution >= 0.6 is 0 Å². The number of rotatable bonds is 2. The van der Waals surface area contributed by atoms with Gasteiger partial charge in [-0.3, -0.25) is 14.5 Å². The zero-order chi connectivity index (χ0) is 10.8. The summed E-state index contributed by atoms with van der Waals surface area (Å²) in [4.78, 5) is 24.8. The van der Waals surface area contributed by atoms with E-state index in [1.807, 2.05) is 25.1 Å². The molecule has 0 radical (unpaired) electrons. The van der Waals surface area contributed by atoms with Crippen molar-refractivity contribution in [2.75, 3.05) is 4.90 Å². The Morgan fingerprint density at radius 1 is 1.27 bits per heavy atom. The van der Waals surface area contributed by atoms with Gasteiger partial charge < -0.3 is 0 Å². The summed E-state index contributed by atoms with van der Waals surface area (Å²) in [7, 11) is 0. The second kappa shape index (κ2) is 3.85. The van der Waals surface area contributed by atoms with E-state index >= 15 is 0 Å². The lowest BCUT2D eigenvalue weighted by Gasteiger charge is -2.14. The van der Waals surface area contributed by atoms with Gasteiger partial charge in [-0.1, -0.05) is 25.1 Å². The van der Waals surface area contributed by atoms with Crippen molar-refractivity contribution in [3.05, 3.63) is 30.3 Å². The molecule has 1 aromatic carbocycles. The molecule has 0 aliphatic carbocycles. The average Bonchev–Trinajstić information content (AvgIpc) is 2.55. The van der Waals surface area contributed by atoms with Gasteiger partial charge in [-0.15, -0.1) is 0 Å².